The SMILES string of the molecule is OC1=CC=CCC1=Nn1cccc1. The van der Waals surface area contributed by atoms with Crippen molar-refractivity contribution in [2.45, 2.75) is 6.42 Å². The fourth-order valence-electron chi connectivity index (χ4n) is 1.16. The predicted molar refractivity (Wildman–Crippen MR) is 51.7 cm³/mol. The maximum Gasteiger partial charge on any atom is 0.139 e. The van der Waals surface area contributed by atoms with Crippen molar-refractivity contribution in [2.75, 3.05) is 0 Å². The van der Waals surface area contributed by atoms with Crippen LogP contribution in [0.1, 0.15) is 6.42 Å². The lowest BCUT2D eigenvalue weighted by Gasteiger charge is -2.05. The highest BCUT2D eigenvalue weighted by Gasteiger charge is 2.05. The summed E-state index contributed by atoms with van der Waals surface area (Å²) >= 11 is 0. The van der Waals surface area contributed by atoms with Crippen molar-refractivity contribution >= 4 is 5.71 Å². The van der Waals surface area contributed by atoms with Crippen molar-refractivity contribution in [1.82, 2.24) is 4.68 Å². The van der Waals surface area contributed by atoms with Crippen LogP contribution in [-0.2, 0) is 0 Å². The summed E-state index contributed by atoms with van der Waals surface area (Å²) in [5, 5.41) is 13.7. The Morgan fingerprint density at radius 2 is 2.08 bits per heavy atom. The standard InChI is InChI=1S/C10H10N2O/c13-10-6-2-1-5-9(10)11-12-7-3-4-8-12/h1-4,6-8,13H,5H2. The van der Waals surface area contributed by atoms with Gasteiger partial charge >= 0.3 is 0 Å². The summed E-state index contributed by atoms with van der Waals surface area (Å²) in [5.41, 5.74) is 0.693. The van der Waals surface area contributed by atoms with Crippen LogP contribution in [-0.4, -0.2) is 15.5 Å². The van der Waals surface area contributed by atoms with Gasteiger partial charge in [0.25, 0.3) is 0 Å². The number of aromatic nitrogens is 1. The Morgan fingerprint density at radius 1 is 1.31 bits per heavy atom. The molecule has 0 bridgehead atoms. The minimum absolute atomic E-state index is 0.246. The van der Waals surface area contributed by atoms with Gasteiger partial charge in [-0.05, 0) is 18.2 Å². The Hall–Kier alpha value is -1.77. The summed E-state index contributed by atoms with van der Waals surface area (Å²) in [5.74, 6) is 0.246. The molecule has 0 aromatic carbocycles. The summed E-state index contributed by atoms with van der Waals surface area (Å²) < 4.78 is 1.68. The molecule has 3 heteroatoms. The van der Waals surface area contributed by atoms with Crippen LogP contribution >= 0.6 is 0 Å². The zero-order valence-corrected chi connectivity index (χ0v) is 7.09. The number of aliphatic hydroxyl groups excluding tert-OH is 1. The molecule has 0 spiro atoms. The summed E-state index contributed by atoms with van der Waals surface area (Å²) in [7, 11) is 0. The average molecular weight is 174 g/mol. The Kier molecular flexibility index (Phi) is 2.00. The van der Waals surface area contributed by atoms with Gasteiger partial charge in [0.05, 0.1) is 0 Å². The quantitative estimate of drug-likeness (QED) is 0.695. The molecule has 3 nitrogen and oxygen atoms in total. The third-order valence-electron chi connectivity index (χ3n) is 1.82. The zero-order chi connectivity index (χ0) is 9.10. The zero-order valence-electron chi connectivity index (χ0n) is 7.09. The molecule has 0 amide bonds. The van der Waals surface area contributed by atoms with Crippen molar-refractivity contribution in [3.8, 4) is 0 Å². The summed E-state index contributed by atoms with van der Waals surface area (Å²) in [6, 6.07) is 3.78. The van der Waals surface area contributed by atoms with Crippen LogP contribution in [0.4, 0.5) is 0 Å². The van der Waals surface area contributed by atoms with Gasteiger partial charge in [-0.2, -0.15) is 5.10 Å². The number of allylic oxidation sites excluding steroid dienone is 4. The largest absolute Gasteiger partial charge is 0.506 e. The minimum Gasteiger partial charge on any atom is -0.506 e. The van der Waals surface area contributed by atoms with E-state index in [9.17, 15) is 5.11 Å². The van der Waals surface area contributed by atoms with Crippen molar-refractivity contribution in [1.29, 1.82) is 0 Å². The second kappa shape index (κ2) is 3.31. The molecule has 0 fully saturated rings. The van der Waals surface area contributed by atoms with E-state index in [-0.39, 0.29) is 5.76 Å². The molecule has 1 aliphatic rings. The minimum atomic E-state index is 0.246. The van der Waals surface area contributed by atoms with Crippen LogP contribution in [0.15, 0.2) is 53.6 Å². The number of hydrogen-bond donors (Lipinski definition) is 1. The van der Waals surface area contributed by atoms with Crippen LogP contribution in [0.5, 0.6) is 0 Å². The molecule has 0 aliphatic heterocycles. The molecule has 1 N–H and O–H groups in total. The lowest BCUT2D eigenvalue weighted by molar-refractivity contribution is 0.440. The van der Waals surface area contributed by atoms with Gasteiger partial charge in [0.2, 0.25) is 0 Å². The van der Waals surface area contributed by atoms with E-state index in [1.54, 1.807) is 10.8 Å². The lowest BCUT2D eigenvalue weighted by Crippen LogP contribution is -2.06. The molecule has 2 rings (SSSR count). The van der Waals surface area contributed by atoms with Crippen molar-refractivity contribution in [2.24, 2.45) is 5.10 Å². The van der Waals surface area contributed by atoms with Gasteiger partial charge in [0.15, 0.2) is 0 Å². The normalized spacial score (nSPS) is 19.1. The maximum absolute atomic E-state index is 9.43. The molecule has 1 aliphatic carbocycles. The predicted octanol–water partition coefficient (Wildman–Crippen LogP) is 2.09. The molecule has 0 atom stereocenters. The van der Waals surface area contributed by atoms with Crippen LogP contribution < -0.4 is 0 Å². The van der Waals surface area contributed by atoms with Crippen LogP contribution in [0.25, 0.3) is 0 Å². The second-order valence-electron chi connectivity index (χ2n) is 2.79. The highest BCUT2D eigenvalue weighted by molar-refractivity contribution is 6.00. The maximum atomic E-state index is 9.43. The van der Waals surface area contributed by atoms with E-state index in [2.05, 4.69) is 5.10 Å². The molecule has 13 heavy (non-hydrogen) atoms. The first kappa shape index (κ1) is 7.86. The second-order valence-corrected chi connectivity index (χ2v) is 2.79. The Bertz CT molecular complexity index is 372. The van der Waals surface area contributed by atoms with Gasteiger partial charge < -0.3 is 5.11 Å². The first-order valence-electron chi connectivity index (χ1n) is 4.13. The first-order valence-corrected chi connectivity index (χ1v) is 4.13. The summed E-state index contributed by atoms with van der Waals surface area (Å²) in [6.07, 6.45) is 9.77. The lowest BCUT2D eigenvalue weighted by atomic mass is 10.1. The van der Waals surface area contributed by atoms with Crippen LogP contribution in [0, 0.1) is 0 Å². The van der Waals surface area contributed by atoms with Crippen molar-refractivity contribution in [3.63, 3.8) is 0 Å². The molecule has 66 valence electrons. The highest BCUT2D eigenvalue weighted by Crippen LogP contribution is 2.07. The van der Waals surface area contributed by atoms with E-state index in [4.69, 9.17) is 0 Å². The molecular formula is C10H10N2O. The Labute approximate surface area is 76.3 Å². The molecule has 0 unspecified atom stereocenters. The summed E-state index contributed by atoms with van der Waals surface area (Å²) in [4.78, 5) is 0. The van der Waals surface area contributed by atoms with E-state index in [0.717, 1.165) is 0 Å². The average Bonchev–Trinajstić information content (AvgIpc) is 2.61. The fourth-order valence-corrected chi connectivity index (χ4v) is 1.16. The molecule has 0 radical (unpaired) electrons. The molecular weight excluding hydrogens is 164 g/mol. The monoisotopic (exact) mass is 174 g/mol. The first-order chi connectivity index (χ1) is 6.36. The topological polar surface area (TPSA) is 37.5 Å². The van der Waals surface area contributed by atoms with Gasteiger partial charge in [0, 0.05) is 18.8 Å². The summed E-state index contributed by atoms with van der Waals surface area (Å²) in [6.45, 7) is 0. The van der Waals surface area contributed by atoms with E-state index in [1.165, 1.54) is 0 Å². The van der Waals surface area contributed by atoms with Gasteiger partial charge in [-0.1, -0.05) is 12.2 Å². The fraction of sp³-hybridized carbons (Fsp3) is 0.100. The van der Waals surface area contributed by atoms with Crippen molar-refractivity contribution < 1.29 is 5.11 Å². The third kappa shape index (κ3) is 1.69. The third-order valence-corrected chi connectivity index (χ3v) is 1.82. The Balaban J connectivity index is 2.27. The van der Waals surface area contributed by atoms with Crippen LogP contribution in [0.3, 0.4) is 0 Å². The van der Waals surface area contributed by atoms with E-state index in [1.807, 2.05) is 36.7 Å². The molecule has 0 saturated carbocycles. The number of hydrogen-bond acceptors (Lipinski definition) is 2. The number of nitrogens with zero attached hydrogens (tertiary/aromatic N) is 2. The van der Waals surface area contributed by atoms with Gasteiger partial charge in [-0.25, -0.2) is 4.68 Å². The van der Waals surface area contributed by atoms with Crippen LogP contribution in [0.2, 0.25) is 0 Å². The smallest absolute Gasteiger partial charge is 0.139 e. The van der Waals surface area contributed by atoms with E-state index < -0.39 is 0 Å². The highest BCUT2D eigenvalue weighted by atomic mass is 16.3. The van der Waals surface area contributed by atoms with E-state index in [0.29, 0.717) is 12.1 Å². The number of aliphatic hydroxyl groups is 1. The van der Waals surface area contributed by atoms with Gasteiger partial charge in [-0.3, -0.25) is 0 Å². The Morgan fingerprint density at radius 3 is 2.77 bits per heavy atom. The molecule has 1 aromatic rings. The van der Waals surface area contributed by atoms with Gasteiger partial charge in [0.1, 0.15) is 11.5 Å². The van der Waals surface area contributed by atoms with Gasteiger partial charge in [-0.15, -0.1) is 0 Å². The van der Waals surface area contributed by atoms with Crippen molar-refractivity contribution in [3.05, 3.63) is 48.5 Å². The number of rotatable bonds is 1. The molecule has 1 heterocycles. The molecule has 0 saturated heterocycles. The molecule has 1 aromatic heterocycles. The van der Waals surface area contributed by atoms with E-state index >= 15 is 0 Å².